The van der Waals surface area contributed by atoms with Gasteiger partial charge < -0.3 is 11.1 Å². The Morgan fingerprint density at radius 1 is 0.967 bits per heavy atom. The molecule has 0 saturated carbocycles. The van der Waals surface area contributed by atoms with E-state index in [4.69, 9.17) is 5.73 Å². The summed E-state index contributed by atoms with van der Waals surface area (Å²) in [6, 6.07) is 15.4. The standard InChI is InChI=1S/C22H14FN5O2/c23-18-10-6-16(22(30)25-17-8-4-14(5-9-17)21(24)29)13-15(18)7-11-20-27-26-19-3-1-2-12-28(19)20/h1-6,8-10,12-13H,(H2,24,29)(H,25,30). The summed E-state index contributed by atoms with van der Waals surface area (Å²) in [6.45, 7) is 0. The van der Waals surface area contributed by atoms with Gasteiger partial charge in [0, 0.05) is 23.0 Å². The molecule has 2 heterocycles. The number of nitrogens with zero attached hydrogens (tertiary/aromatic N) is 3. The van der Waals surface area contributed by atoms with Crippen LogP contribution in [0, 0.1) is 17.7 Å². The quantitative estimate of drug-likeness (QED) is 0.517. The van der Waals surface area contributed by atoms with Crippen LogP contribution < -0.4 is 11.1 Å². The topological polar surface area (TPSA) is 102 Å². The molecule has 0 bridgehead atoms. The normalized spacial score (nSPS) is 10.3. The van der Waals surface area contributed by atoms with E-state index in [0.29, 0.717) is 22.7 Å². The first-order valence-electron chi connectivity index (χ1n) is 8.84. The molecular weight excluding hydrogens is 385 g/mol. The summed E-state index contributed by atoms with van der Waals surface area (Å²) in [7, 11) is 0. The van der Waals surface area contributed by atoms with Crippen LogP contribution in [0.15, 0.2) is 66.9 Å². The highest BCUT2D eigenvalue weighted by atomic mass is 19.1. The lowest BCUT2D eigenvalue weighted by Crippen LogP contribution is -2.13. The second-order valence-electron chi connectivity index (χ2n) is 6.29. The van der Waals surface area contributed by atoms with Crippen LogP contribution in [-0.2, 0) is 0 Å². The first-order chi connectivity index (χ1) is 14.5. The summed E-state index contributed by atoms with van der Waals surface area (Å²) in [5, 5.41) is 10.6. The summed E-state index contributed by atoms with van der Waals surface area (Å²) in [6.07, 6.45) is 1.75. The van der Waals surface area contributed by atoms with Gasteiger partial charge in [-0.3, -0.25) is 14.0 Å². The van der Waals surface area contributed by atoms with E-state index in [0.717, 1.165) is 0 Å². The number of aromatic nitrogens is 3. The van der Waals surface area contributed by atoms with Crippen LogP contribution in [0.5, 0.6) is 0 Å². The molecule has 0 unspecified atom stereocenters. The van der Waals surface area contributed by atoms with E-state index in [1.54, 1.807) is 28.8 Å². The fraction of sp³-hybridized carbons (Fsp3) is 0. The van der Waals surface area contributed by atoms with E-state index in [1.165, 1.54) is 30.3 Å². The van der Waals surface area contributed by atoms with E-state index in [9.17, 15) is 14.0 Å². The second-order valence-corrected chi connectivity index (χ2v) is 6.29. The number of hydrogen-bond acceptors (Lipinski definition) is 4. The number of hydrogen-bond donors (Lipinski definition) is 2. The van der Waals surface area contributed by atoms with Crippen LogP contribution in [0.4, 0.5) is 10.1 Å². The monoisotopic (exact) mass is 399 g/mol. The largest absolute Gasteiger partial charge is 0.366 e. The van der Waals surface area contributed by atoms with E-state index in [2.05, 4.69) is 27.4 Å². The smallest absolute Gasteiger partial charge is 0.255 e. The summed E-state index contributed by atoms with van der Waals surface area (Å²) in [5.74, 6) is 4.28. The highest BCUT2D eigenvalue weighted by Gasteiger charge is 2.10. The third-order valence-corrected chi connectivity index (χ3v) is 4.28. The molecule has 0 aliphatic heterocycles. The molecule has 2 aromatic heterocycles. The molecule has 0 saturated heterocycles. The molecule has 4 rings (SSSR count). The number of amides is 2. The predicted octanol–water partition coefficient (Wildman–Crippen LogP) is 2.62. The van der Waals surface area contributed by atoms with Crippen molar-refractivity contribution in [3.8, 4) is 11.8 Å². The average molecular weight is 399 g/mol. The maximum absolute atomic E-state index is 14.2. The highest BCUT2D eigenvalue weighted by molar-refractivity contribution is 6.04. The lowest BCUT2D eigenvalue weighted by molar-refractivity contribution is 0.0998. The number of benzene rings is 2. The van der Waals surface area contributed by atoms with E-state index in [-0.39, 0.29) is 11.1 Å². The number of nitrogens with one attached hydrogen (secondary N) is 1. The summed E-state index contributed by atoms with van der Waals surface area (Å²) >= 11 is 0. The van der Waals surface area contributed by atoms with Crippen molar-refractivity contribution in [2.45, 2.75) is 0 Å². The third kappa shape index (κ3) is 3.86. The number of nitrogens with two attached hydrogens (primary N) is 1. The molecule has 2 amide bonds. The maximum Gasteiger partial charge on any atom is 0.255 e. The number of carbonyl (C=O) groups is 2. The Bertz CT molecular complexity index is 1330. The Morgan fingerprint density at radius 2 is 1.73 bits per heavy atom. The minimum Gasteiger partial charge on any atom is -0.366 e. The summed E-state index contributed by atoms with van der Waals surface area (Å²) < 4.78 is 15.9. The van der Waals surface area contributed by atoms with Crippen molar-refractivity contribution in [1.29, 1.82) is 0 Å². The molecule has 3 N–H and O–H groups in total. The van der Waals surface area contributed by atoms with Gasteiger partial charge in [-0.25, -0.2) is 4.39 Å². The number of halogens is 1. The van der Waals surface area contributed by atoms with Crippen LogP contribution in [0.1, 0.15) is 32.1 Å². The molecule has 7 nitrogen and oxygen atoms in total. The number of pyridine rings is 1. The zero-order valence-corrected chi connectivity index (χ0v) is 15.5. The number of fused-ring (bicyclic) bond motifs is 1. The number of anilines is 1. The lowest BCUT2D eigenvalue weighted by Gasteiger charge is -2.06. The Labute approximate surface area is 170 Å². The Morgan fingerprint density at radius 3 is 2.50 bits per heavy atom. The lowest BCUT2D eigenvalue weighted by atomic mass is 10.1. The van der Waals surface area contributed by atoms with Crippen LogP contribution in [0.25, 0.3) is 5.65 Å². The first kappa shape index (κ1) is 18.8. The van der Waals surface area contributed by atoms with Gasteiger partial charge in [-0.15, -0.1) is 10.2 Å². The van der Waals surface area contributed by atoms with Crippen molar-refractivity contribution < 1.29 is 14.0 Å². The predicted molar refractivity (Wildman–Crippen MR) is 108 cm³/mol. The van der Waals surface area contributed by atoms with Crippen molar-refractivity contribution in [2.24, 2.45) is 5.73 Å². The summed E-state index contributed by atoms with van der Waals surface area (Å²) in [5.41, 5.74) is 6.90. The molecule has 0 spiro atoms. The van der Waals surface area contributed by atoms with Crippen molar-refractivity contribution in [2.75, 3.05) is 5.32 Å². The molecule has 0 radical (unpaired) electrons. The zero-order chi connectivity index (χ0) is 21.1. The van der Waals surface area contributed by atoms with E-state index >= 15 is 0 Å². The first-order valence-corrected chi connectivity index (χ1v) is 8.84. The molecule has 4 aromatic rings. The number of primary amides is 1. The van der Waals surface area contributed by atoms with Crippen molar-refractivity contribution in [1.82, 2.24) is 14.6 Å². The fourth-order valence-electron chi connectivity index (χ4n) is 2.73. The summed E-state index contributed by atoms with van der Waals surface area (Å²) in [4.78, 5) is 23.6. The molecule has 8 heteroatoms. The molecular formula is C22H14FN5O2. The molecule has 2 aromatic carbocycles. The molecule has 0 aliphatic carbocycles. The molecule has 0 fully saturated rings. The van der Waals surface area contributed by atoms with Crippen LogP contribution >= 0.6 is 0 Å². The SMILES string of the molecule is NC(=O)c1ccc(NC(=O)c2ccc(F)c(C#Cc3nnc4ccccn34)c2)cc1. The van der Waals surface area contributed by atoms with Crippen molar-refractivity contribution >= 4 is 23.1 Å². The van der Waals surface area contributed by atoms with Gasteiger partial charge in [-0.05, 0) is 60.5 Å². The van der Waals surface area contributed by atoms with Crippen molar-refractivity contribution in [3.05, 3.63) is 95.2 Å². The van der Waals surface area contributed by atoms with Gasteiger partial charge in [0.15, 0.2) is 5.65 Å². The van der Waals surface area contributed by atoms with Crippen LogP contribution in [0.2, 0.25) is 0 Å². The van der Waals surface area contributed by atoms with Gasteiger partial charge in [0.2, 0.25) is 11.7 Å². The van der Waals surface area contributed by atoms with E-state index in [1.807, 2.05) is 12.1 Å². The molecule has 0 atom stereocenters. The highest BCUT2D eigenvalue weighted by Crippen LogP contribution is 2.14. The molecule has 146 valence electrons. The van der Waals surface area contributed by atoms with Crippen LogP contribution in [-0.4, -0.2) is 26.4 Å². The minimum atomic E-state index is -0.560. The van der Waals surface area contributed by atoms with Crippen LogP contribution in [0.3, 0.4) is 0 Å². The molecule has 30 heavy (non-hydrogen) atoms. The zero-order valence-electron chi connectivity index (χ0n) is 15.5. The van der Waals surface area contributed by atoms with Gasteiger partial charge in [0.25, 0.3) is 5.91 Å². The third-order valence-electron chi connectivity index (χ3n) is 4.28. The Hall–Kier alpha value is -4.51. The van der Waals surface area contributed by atoms with E-state index < -0.39 is 17.6 Å². The van der Waals surface area contributed by atoms with Crippen molar-refractivity contribution in [3.63, 3.8) is 0 Å². The Kier molecular flexibility index (Phi) is 4.93. The Balaban J connectivity index is 1.57. The van der Waals surface area contributed by atoms with Gasteiger partial charge in [-0.2, -0.15) is 0 Å². The average Bonchev–Trinajstić information content (AvgIpc) is 3.16. The fourth-order valence-corrected chi connectivity index (χ4v) is 2.73. The maximum atomic E-state index is 14.2. The molecule has 0 aliphatic rings. The number of carbonyl (C=O) groups excluding carboxylic acids is 2. The van der Waals surface area contributed by atoms with Gasteiger partial charge >= 0.3 is 0 Å². The number of rotatable bonds is 3. The van der Waals surface area contributed by atoms with Gasteiger partial charge in [0.1, 0.15) is 5.82 Å². The second kappa shape index (κ2) is 7.85. The minimum absolute atomic E-state index is 0.0550. The van der Waals surface area contributed by atoms with Gasteiger partial charge in [-0.1, -0.05) is 12.0 Å². The van der Waals surface area contributed by atoms with Gasteiger partial charge in [0.05, 0.1) is 5.56 Å².